The molecule has 0 radical (unpaired) electrons. The second-order valence-corrected chi connectivity index (χ2v) is 4.90. The lowest BCUT2D eigenvalue weighted by atomic mass is 9.71. The van der Waals surface area contributed by atoms with Gasteiger partial charge in [0.25, 0.3) is 0 Å². The molecule has 0 aromatic rings. The standard InChI is InChI=1S/C11H22N2/c1-13-7-5-10(9-3-2-4-9)11(12)6-8-13/h9-11H,2-8,12H2,1H3. The van der Waals surface area contributed by atoms with E-state index in [4.69, 9.17) is 5.73 Å². The fourth-order valence-corrected chi connectivity index (χ4v) is 2.73. The lowest BCUT2D eigenvalue weighted by Crippen LogP contribution is -2.37. The minimum atomic E-state index is 0.482. The molecule has 2 aliphatic rings. The van der Waals surface area contributed by atoms with Crippen LogP contribution in [0.15, 0.2) is 0 Å². The second-order valence-electron chi connectivity index (χ2n) is 4.90. The normalized spacial score (nSPS) is 38.3. The van der Waals surface area contributed by atoms with Crippen LogP contribution in [-0.4, -0.2) is 31.1 Å². The maximum atomic E-state index is 6.22. The summed E-state index contributed by atoms with van der Waals surface area (Å²) in [6.45, 7) is 2.46. The van der Waals surface area contributed by atoms with E-state index in [-0.39, 0.29) is 0 Å². The highest BCUT2D eigenvalue weighted by Crippen LogP contribution is 2.37. The summed E-state index contributed by atoms with van der Waals surface area (Å²) in [5.74, 6) is 1.81. The number of likely N-dealkylation sites (tertiary alicyclic amines) is 1. The molecule has 13 heavy (non-hydrogen) atoms. The molecule has 2 nitrogen and oxygen atoms in total. The van der Waals surface area contributed by atoms with Crippen molar-refractivity contribution < 1.29 is 0 Å². The quantitative estimate of drug-likeness (QED) is 0.665. The summed E-state index contributed by atoms with van der Waals surface area (Å²) in [4.78, 5) is 2.43. The van der Waals surface area contributed by atoms with Gasteiger partial charge >= 0.3 is 0 Å². The maximum Gasteiger partial charge on any atom is 0.00824 e. The fourth-order valence-electron chi connectivity index (χ4n) is 2.73. The lowest BCUT2D eigenvalue weighted by molar-refractivity contribution is 0.170. The average Bonchev–Trinajstić information content (AvgIpc) is 2.16. The molecule has 0 spiro atoms. The summed E-state index contributed by atoms with van der Waals surface area (Å²) in [5, 5.41) is 0. The van der Waals surface area contributed by atoms with Gasteiger partial charge in [0, 0.05) is 6.04 Å². The molecule has 2 heteroatoms. The van der Waals surface area contributed by atoms with E-state index >= 15 is 0 Å². The molecule has 1 saturated carbocycles. The Balaban J connectivity index is 1.91. The lowest BCUT2D eigenvalue weighted by Gasteiger charge is -2.36. The van der Waals surface area contributed by atoms with Crippen molar-refractivity contribution in [1.82, 2.24) is 4.90 Å². The fraction of sp³-hybridized carbons (Fsp3) is 1.00. The van der Waals surface area contributed by atoms with E-state index in [1.807, 2.05) is 0 Å². The third-order valence-electron chi connectivity index (χ3n) is 3.99. The van der Waals surface area contributed by atoms with E-state index in [9.17, 15) is 0 Å². The molecule has 2 N–H and O–H groups in total. The first-order valence-corrected chi connectivity index (χ1v) is 5.71. The maximum absolute atomic E-state index is 6.22. The van der Waals surface area contributed by atoms with E-state index in [1.54, 1.807) is 0 Å². The van der Waals surface area contributed by atoms with Crippen LogP contribution >= 0.6 is 0 Å². The zero-order valence-electron chi connectivity index (χ0n) is 8.71. The van der Waals surface area contributed by atoms with Crippen molar-refractivity contribution in [2.45, 2.75) is 38.1 Å². The van der Waals surface area contributed by atoms with Gasteiger partial charge in [-0.1, -0.05) is 19.3 Å². The Morgan fingerprint density at radius 1 is 1.08 bits per heavy atom. The van der Waals surface area contributed by atoms with Gasteiger partial charge < -0.3 is 10.6 Å². The summed E-state index contributed by atoms with van der Waals surface area (Å²) >= 11 is 0. The Morgan fingerprint density at radius 2 is 1.77 bits per heavy atom. The highest BCUT2D eigenvalue weighted by Gasteiger charge is 2.32. The van der Waals surface area contributed by atoms with Crippen molar-refractivity contribution >= 4 is 0 Å². The highest BCUT2D eigenvalue weighted by molar-refractivity contribution is 4.87. The monoisotopic (exact) mass is 182 g/mol. The molecule has 76 valence electrons. The van der Waals surface area contributed by atoms with Crippen LogP contribution < -0.4 is 5.73 Å². The van der Waals surface area contributed by atoms with Crippen LogP contribution in [0.2, 0.25) is 0 Å². The van der Waals surface area contributed by atoms with E-state index in [0.29, 0.717) is 6.04 Å². The van der Waals surface area contributed by atoms with Gasteiger partial charge in [-0.05, 0) is 44.8 Å². The van der Waals surface area contributed by atoms with E-state index in [0.717, 1.165) is 11.8 Å². The van der Waals surface area contributed by atoms with Crippen molar-refractivity contribution in [3.63, 3.8) is 0 Å². The van der Waals surface area contributed by atoms with E-state index in [2.05, 4.69) is 11.9 Å². The Hall–Kier alpha value is -0.0800. The molecule has 2 atom stereocenters. The molecule has 0 bridgehead atoms. The third kappa shape index (κ3) is 2.05. The van der Waals surface area contributed by atoms with Crippen molar-refractivity contribution in [2.24, 2.45) is 17.6 Å². The highest BCUT2D eigenvalue weighted by atomic mass is 15.1. The predicted octanol–water partition coefficient (Wildman–Crippen LogP) is 1.46. The summed E-state index contributed by atoms with van der Waals surface area (Å²) in [5.41, 5.74) is 6.22. The van der Waals surface area contributed by atoms with Crippen LogP contribution in [0.5, 0.6) is 0 Å². The van der Waals surface area contributed by atoms with Gasteiger partial charge in [-0.2, -0.15) is 0 Å². The van der Waals surface area contributed by atoms with E-state index in [1.165, 1.54) is 45.2 Å². The van der Waals surface area contributed by atoms with Crippen LogP contribution in [0, 0.1) is 11.8 Å². The molecule has 1 saturated heterocycles. The Morgan fingerprint density at radius 3 is 2.38 bits per heavy atom. The van der Waals surface area contributed by atoms with Gasteiger partial charge in [-0.15, -0.1) is 0 Å². The van der Waals surface area contributed by atoms with Crippen LogP contribution in [0.25, 0.3) is 0 Å². The number of rotatable bonds is 1. The largest absolute Gasteiger partial charge is 0.327 e. The topological polar surface area (TPSA) is 29.3 Å². The molecular weight excluding hydrogens is 160 g/mol. The van der Waals surface area contributed by atoms with Crippen molar-refractivity contribution in [1.29, 1.82) is 0 Å². The second kappa shape index (κ2) is 3.97. The van der Waals surface area contributed by atoms with Gasteiger partial charge in [0.05, 0.1) is 0 Å². The van der Waals surface area contributed by atoms with Gasteiger partial charge in [0.15, 0.2) is 0 Å². The summed E-state index contributed by atoms with van der Waals surface area (Å²) in [7, 11) is 2.22. The molecule has 2 rings (SSSR count). The predicted molar refractivity (Wildman–Crippen MR) is 55.5 cm³/mol. The van der Waals surface area contributed by atoms with Gasteiger partial charge in [0.1, 0.15) is 0 Å². The smallest absolute Gasteiger partial charge is 0.00824 e. The number of nitrogens with two attached hydrogens (primary N) is 1. The summed E-state index contributed by atoms with van der Waals surface area (Å²) < 4.78 is 0. The van der Waals surface area contributed by atoms with Crippen molar-refractivity contribution in [3.8, 4) is 0 Å². The number of nitrogens with zero attached hydrogens (tertiary/aromatic N) is 1. The third-order valence-corrected chi connectivity index (χ3v) is 3.99. The first-order chi connectivity index (χ1) is 6.27. The first-order valence-electron chi connectivity index (χ1n) is 5.71. The van der Waals surface area contributed by atoms with Crippen LogP contribution in [0.1, 0.15) is 32.1 Å². The van der Waals surface area contributed by atoms with Gasteiger partial charge in [-0.25, -0.2) is 0 Å². The van der Waals surface area contributed by atoms with E-state index < -0.39 is 0 Å². The molecule has 2 fully saturated rings. The summed E-state index contributed by atoms with van der Waals surface area (Å²) in [6.07, 6.45) is 6.88. The molecule has 1 heterocycles. The Labute approximate surface area is 81.5 Å². The molecule has 0 aromatic carbocycles. The molecule has 1 aliphatic carbocycles. The summed E-state index contributed by atoms with van der Waals surface area (Å²) in [6, 6.07) is 0.482. The average molecular weight is 182 g/mol. The molecule has 0 aromatic heterocycles. The minimum Gasteiger partial charge on any atom is -0.327 e. The van der Waals surface area contributed by atoms with Crippen molar-refractivity contribution in [2.75, 3.05) is 20.1 Å². The Bertz CT molecular complexity index is 165. The molecule has 0 amide bonds. The molecule has 2 unspecified atom stereocenters. The van der Waals surface area contributed by atoms with Crippen LogP contribution in [0.3, 0.4) is 0 Å². The first kappa shape index (κ1) is 9.47. The zero-order valence-corrected chi connectivity index (χ0v) is 8.71. The SMILES string of the molecule is CN1CCC(N)C(C2CCC2)CC1. The van der Waals surface area contributed by atoms with Crippen molar-refractivity contribution in [3.05, 3.63) is 0 Å². The number of hydrogen-bond donors (Lipinski definition) is 1. The van der Waals surface area contributed by atoms with Crippen LogP contribution in [0.4, 0.5) is 0 Å². The minimum absolute atomic E-state index is 0.482. The Kier molecular flexibility index (Phi) is 2.89. The zero-order chi connectivity index (χ0) is 9.26. The van der Waals surface area contributed by atoms with Gasteiger partial charge in [-0.3, -0.25) is 0 Å². The number of hydrogen-bond acceptors (Lipinski definition) is 2. The molecule has 1 aliphatic heterocycles. The van der Waals surface area contributed by atoms with Gasteiger partial charge in [0.2, 0.25) is 0 Å². The molecular formula is C11H22N2. The van der Waals surface area contributed by atoms with Crippen LogP contribution in [-0.2, 0) is 0 Å².